The Morgan fingerprint density at radius 3 is 1.64 bits per heavy atom. The molecule has 290 valence electrons. The summed E-state index contributed by atoms with van der Waals surface area (Å²) in [6.45, 7) is 2.69. The van der Waals surface area contributed by atoms with Crippen molar-refractivity contribution in [2.45, 2.75) is 167 Å². The molecule has 0 saturated heterocycles. The van der Waals surface area contributed by atoms with Gasteiger partial charge in [0.05, 0.1) is 13.2 Å². The number of ether oxygens (including phenoxy) is 2. The number of nitrogens with two attached hydrogens (primary N) is 1. The molecule has 12 heteroatoms. The fraction of sp³-hybridized carbons (Fsp3) is 0.763. The quantitative estimate of drug-likeness (QED) is 0.0246. The fourth-order valence-corrected chi connectivity index (χ4v) is 5.62. The van der Waals surface area contributed by atoms with Gasteiger partial charge >= 0.3 is 25.7 Å². The van der Waals surface area contributed by atoms with Crippen LogP contribution in [-0.2, 0) is 37.5 Å². The maximum Gasteiger partial charge on any atom is 0.472 e. The largest absolute Gasteiger partial charge is 0.480 e. The van der Waals surface area contributed by atoms with Crippen LogP contribution < -0.4 is 5.73 Å². The summed E-state index contributed by atoms with van der Waals surface area (Å²) >= 11 is 0. The van der Waals surface area contributed by atoms with E-state index in [1.807, 2.05) is 6.08 Å². The van der Waals surface area contributed by atoms with E-state index < -0.39 is 51.1 Å². The van der Waals surface area contributed by atoms with Crippen LogP contribution in [-0.4, -0.2) is 59.9 Å². The van der Waals surface area contributed by atoms with Crippen LogP contribution in [0.5, 0.6) is 0 Å². The van der Waals surface area contributed by atoms with Gasteiger partial charge in [0.15, 0.2) is 6.10 Å². The molecule has 0 aliphatic rings. The first-order chi connectivity index (χ1) is 24.1. The average molecular weight is 730 g/mol. The van der Waals surface area contributed by atoms with E-state index in [0.717, 1.165) is 38.5 Å². The molecule has 0 rings (SSSR count). The SMILES string of the molecule is CCCCCCCC/C=C/C/C=C/C/C=C/CCCC(=O)OC[C@@H](COP(=O)(O)OC[C@@H](N)C(=O)O)OC(=O)CCCCCCCCCCC. The van der Waals surface area contributed by atoms with E-state index in [9.17, 15) is 23.8 Å². The summed E-state index contributed by atoms with van der Waals surface area (Å²) < 4.78 is 32.4. The first kappa shape index (κ1) is 47.7. The number of unbranched alkanes of at least 4 members (excludes halogenated alkanes) is 15. The van der Waals surface area contributed by atoms with Crippen molar-refractivity contribution >= 4 is 25.7 Å². The van der Waals surface area contributed by atoms with Gasteiger partial charge in [0.25, 0.3) is 0 Å². The van der Waals surface area contributed by atoms with Crippen LogP contribution in [0.2, 0.25) is 0 Å². The summed E-state index contributed by atoms with van der Waals surface area (Å²) in [4.78, 5) is 45.6. The van der Waals surface area contributed by atoms with Crippen molar-refractivity contribution < 1.29 is 47.5 Å². The Kier molecular flexibility index (Phi) is 32.3. The Labute approximate surface area is 302 Å². The highest BCUT2D eigenvalue weighted by Crippen LogP contribution is 2.43. The number of esters is 2. The molecule has 0 aliphatic carbocycles. The fourth-order valence-electron chi connectivity index (χ4n) is 4.84. The number of phosphoric ester groups is 1. The number of carbonyl (C=O) groups excluding carboxylic acids is 2. The van der Waals surface area contributed by atoms with Crippen LogP contribution in [0.15, 0.2) is 36.5 Å². The number of carboxylic acids is 1. The van der Waals surface area contributed by atoms with Crippen molar-refractivity contribution in [1.29, 1.82) is 0 Å². The first-order valence-corrected chi connectivity index (χ1v) is 20.5. The van der Waals surface area contributed by atoms with Crippen molar-refractivity contribution in [3.8, 4) is 0 Å². The standard InChI is InChI=1S/C38H68NO10P/c1-3-5-7-9-11-13-14-15-16-17-18-19-20-22-23-25-27-29-36(40)46-31-34(32-47-50(44,45)48-33-35(39)38(42)43)49-37(41)30-28-26-24-21-12-10-8-6-4-2/h15-16,18-19,22-23,34-35H,3-14,17,20-21,24-33,39H2,1-2H3,(H,42,43)(H,44,45)/b16-15+,19-18+,23-22+/t34-,35+/m0/s1. The van der Waals surface area contributed by atoms with Gasteiger partial charge in [-0.15, -0.1) is 0 Å². The van der Waals surface area contributed by atoms with E-state index in [0.29, 0.717) is 19.3 Å². The molecule has 0 heterocycles. The summed E-state index contributed by atoms with van der Waals surface area (Å²) in [6, 6.07) is -1.52. The highest BCUT2D eigenvalue weighted by molar-refractivity contribution is 7.47. The van der Waals surface area contributed by atoms with Gasteiger partial charge in [-0.3, -0.25) is 23.4 Å². The van der Waals surface area contributed by atoms with E-state index in [1.165, 1.54) is 70.6 Å². The summed E-state index contributed by atoms with van der Waals surface area (Å²) in [7, 11) is -4.71. The minimum Gasteiger partial charge on any atom is -0.480 e. The average Bonchev–Trinajstić information content (AvgIpc) is 3.09. The Balaban J connectivity index is 4.48. The van der Waals surface area contributed by atoms with E-state index in [2.05, 4.69) is 48.8 Å². The summed E-state index contributed by atoms with van der Waals surface area (Å²) in [6.07, 6.45) is 33.8. The summed E-state index contributed by atoms with van der Waals surface area (Å²) in [5.41, 5.74) is 5.30. The molecule has 0 aliphatic heterocycles. The minimum atomic E-state index is -4.71. The van der Waals surface area contributed by atoms with Crippen LogP contribution in [0, 0.1) is 0 Å². The molecular formula is C38H68NO10P. The molecule has 11 nitrogen and oxygen atoms in total. The summed E-state index contributed by atoms with van der Waals surface area (Å²) in [5, 5.41) is 8.84. The molecule has 0 fully saturated rings. The van der Waals surface area contributed by atoms with Gasteiger partial charge < -0.3 is 25.2 Å². The zero-order valence-electron chi connectivity index (χ0n) is 31.0. The molecule has 1 unspecified atom stereocenters. The van der Waals surface area contributed by atoms with Gasteiger partial charge in [-0.05, 0) is 44.9 Å². The number of carboxylic acid groups (broad SMARTS) is 1. The molecule has 50 heavy (non-hydrogen) atoms. The smallest absolute Gasteiger partial charge is 0.472 e. The number of carbonyl (C=O) groups is 3. The lowest BCUT2D eigenvalue weighted by atomic mass is 10.1. The van der Waals surface area contributed by atoms with Crippen LogP contribution in [0.1, 0.15) is 155 Å². The third-order valence-electron chi connectivity index (χ3n) is 7.89. The zero-order chi connectivity index (χ0) is 37.1. The van der Waals surface area contributed by atoms with Gasteiger partial charge in [-0.25, -0.2) is 4.57 Å². The second-order valence-corrected chi connectivity index (χ2v) is 14.2. The third-order valence-corrected chi connectivity index (χ3v) is 8.84. The van der Waals surface area contributed by atoms with Crippen molar-refractivity contribution in [2.24, 2.45) is 5.73 Å². The van der Waals surface area contributed by atoms with Crippen LogP contribution in [0.25, 0.3) is 0 Å². The van der Waals surface area contributed by atoms with Gasteiger partial charge in [0.2, 0.25) is 0 Å². The van der Waals surface area contributed by atoms with Crippen LogP contribution in [0.4, 0.5) is 0 Å². The van der Waals surface area contributed by atoms with E-state index in [4.69, 9.17) is 24.8 Å². The zero-order valence-corrected chi connectivity index (χ0v) is 31.9. The normalized spacial score (nSPS) is 14.3. The van der Waals surface area contributed by atoms with E-state index >= 15 is 0 Å². The third kappa shape index (κ3) is 32.9. The number of aliphatic carboxylic acids is 1. The molecule has 0 aromatic heterocycles. The number of phosphoric acid groups is 1. The Morgan fingerprint density at radius 1 is 0.620 bits per heavy atom. The predicted octanol–water partition coefficient (Wildman–Crippen LogP) is 9.28. The second-order valence-electron chi connectivity index (χ2n) is 12.7. The molecule has 0 amide bonds. The molecule has 4 N–H and O–H groups in total. The molecule has 0 radical (unpaired) electrons. The van der Waals surface area contributed by atoms with E-state index in [1.54, 1.807) is 0 Å². The molecule has 0 aromatic rings. The highest BCUT2D eigenvalue weighted by atomic mass is 31.2. The van der Waals surface area contributed by atoms with Crippen molar-refractivity contribution in [2.75, 3.05) is 19.8 Å². The lowest BCUT2D eigenvalue weighted by molar-refractivity contribution is -0.161. The molecule has 0 saturated carbocycles. The summed E-state index contributed by atoms with van der Waals surface area (Å²) in [5.74, 6) is -2.45. The maximum atomic E-state index is 12.5. The predicted molar refractivity (Wildman–Crippen MR) is 199 cm³/mol. The van der Waals surface area contributed by atoms with Crippen LogP contribution >= 0.6 is 7.82 Å². The van der Waals surface area contributed by atoms with Gasteiger partial charge in [0.1, 0.15) is 12.6 Å². The number of hydrogen-bond acceptors (Lipinski definition) is 9. The van der Waals surface area contributed by atoms with Crippen molar-refractivity contribution in [3.05, 3.63) is 36.5 Å². The monoisotopic (exact) mass is 729 g/mol. The Hall–Kier alpha value is -2.30. The Morgan fingerprint density at radius 2 is 1.08 bits per heavy atom. The number of rotatable bonds is 35. The van der Waals surface area contributed by atoms with E-state index in [-0.39, 0.29) is 19.4 Å². The molecule has 0 bridgehead atoms. The Bertz CT molecular complexity index is 1000. The maximum absolute atomic E-state index is 12.5. The minimum absolute atomic E-state index is 0.151. The molecule has 3 atom stereocenters. The van der Waals surface area contributed by atoms with Gasteiger partial charge in [-0.1, -0.05) is 134 Å². The van der Waals surface area contributed by atoms with Gasteiger partial charge in [-0.2, -0.15) is 0 Å². The molecule has 0 spiro atoms. The topological polar surface area (TPSA) is 172 Å². The van der Waals surface area contributed by atoms with Crippen molar-refractivity contribution in [1.82, 2.24) is 0 Å². The lowest BCUT2D eigenvalue weighted by Gasteiger charge is -2.20. The number of hydrogen-bond donors (Lipinski definition) is 3. The first-order valence-electron chi connectivity index (χ1n) is 19.0. The van der Waals surface area contributed by atoms with Crippen molar-refractivity contribution in [3.63, 3.8) is 0 Å². The molecule has 0 aromatic carbocycles. The number of allylic oxidation sites excluding steroid dienone is 6. The lowest BCUT2D eigenvalue weighted by Crippen LogP contribution is -2.34. The molecular weight excluding hydrogens is 661 g/mol. The highest BCUT2D eigenvalue weighted by Gasteiger charge is 2.28. The second kappa shape index (κ2) is 33.8. The van der Waals surface area contributed by atoms with Crippen LogP contribution in [0.3, 0.4) is 0 Å². The van der Waals surface area contributed by atoms with Gasteiger partial charge in [0, 0.05) is 12.8 Å².